The van der Waals surface area contributed by atoms with E-state index in [4.69, 9.17) is 25.3 Å². The number of fused-ring (bicyclic) bond motifs is 8. The Labute approximate surface area is 313 Å². The Morgan fingerprint density at radius 2 is 1.14 bits per heavy atom. The van der Waals surface area contributed by atoms with E-state index >= 15 is 0 Å². The van der Waals surface area contributed by atoms with Gasteiger partial charge in [-0.1, -0.05) is 121 Å². The molecule has 0 saturated heterocycles. The molecule has 0 radical (unpaired) electrons. The average Bonchev–Trinajstić information content (AvgIpc) is 3.94. The maximum absolute atomic E-state index is 9.71. The monoisotopic (exact) mass is 649 g/mol. The van der Waals surface area contributed by atoms with E-state index in [0.29, 0.717) is 26.8 Å². The summed E-state index contributed by atoms with van der Waals surface area (Å²) in [6.07, 6.45) is 0. The van der Waals surface area contributed by atoms with Crippen LogP contribution < -0.4 is 4.90 Å². The molecule has 0 aliphatic carbocycles. The summed E-state index contributed by atoms with van der Waals surface area (Å²) in [6.45, 7) is 0. The molecule has 0 unspecified atom stereocenters. The molecule has 0 atom stereocenters. The van der Waals surface area contributed by atoms with Crippen molar-refractivity contribution in [2.75, 3.05) is 4.90 Å². The van der Waals surface area contributed by atoms with Gasteiger partial charge in [0.25, 0.3) is 0 Å². The minimum absolute atomic E-state index is 0.185. The second kappa shape index (κ2) is 11.0. The lowest BCUT2D eigenvalue weighted by atomic mass is 9.98. The summed E-state index contributed by atoms with van der Waals surface area (Å²) in [5.74, 6) is 0. The van der Waals surface area contributed by atoms with E-state index in [1.807, 2.05) is 0 Å². The number of furan rings is 2. The molecule has 230 valence electrons. The van der Waals surface area contributed by atoms with Crippen molar-refractivity contribution in [1.82, 2.24) is 0 Å². The zero-order valence-electron chi connectivity index (χ0n) is 46.8. The Morgan fingerprint density at radius 3 is 1.98 bits per heavy atom. The van der Waals surface area contributed by atoms with E-state index < -0.39 is 194 Å². The van der Waals surface area contributed by atoms with E-state index in [2.05, 4.69) is 0 Å². The van der Waals surface area contributed by atoms with Gasteiger partial charge < -0.3 is 13.7 Å². The Bertz CT molecular complexity index is 4020. The molecule has 0 aliphatic rings. The number of rotatable bonds is 5. The van der Waals surface area contributed by atoms with E-state index in [0.717, 1.165) is 0 Å². The highest BCUT2D eigenvalue weighted by atomic mass is 16.3. The molecule has 0 spiro atoms. The summed E-state index contributed by atoms with van der Waals surface area (Å²) in [6, 6.07) is -7.67. The van der Waals surface area contributed by atoms with Gasteiger partial charge in [0, 0.05) is 32.9 Å². The maximum atomic E-state index is 9.71. The Morgan fingerprint density at radius 1 is 0.429 bits per heavy atom. The zero-order valence-corrected chi connectivity index (χ0v) is 24.8. The van der Waals surface area contributed by atoms with Crippen molar-refractivity contribution in [3.8, 4) is 22.3 Å². The molecule has 0 fully saturated rings. The molecule has 0 bridgehead atoms. The Balaban J connectivity index is 1.41. The van der Waals surface area contributed by atoms with E-state index in [9.17, 15) is 13.7 Å². The van der Waals surface area contributed by atoms with Crippen molar-refractivity contribution in [2.45, 2.75) is 0 Å². The zero-order chi connectivity index (χ0) is 51.5. The number of para-hydroxylation sites is 1. The summed E-state index contributed by atoms with van der Waals surface area (Å²) in [7, 11) is 0. The van der Waals surface area contributed by atoms with Crippen molar-refractivity contribution < 1.29 is 39.0 Å². The molecule has 2 aromatic heterocycles. The topological polar surface area (TPSA) is 29.5 Å². The molecule has 2 heterocycles. The maximum Gasteiger partial charge on any atom is 0.143 e. The van der Waals surface area contributed by atoms with Gasteiger partial charge in [-0.3, -0.25) is 0 Å². The summed E-state index contributed by atoms with van der Waals surface area (Å²) in [5, 5.41) is -1.01. The van der Waals surface area contributed by atoms with Crippen LogP contribution in [0.4, 0.5) is 17.1 Å². The van der Waals surface area contributed by atoms with Gasteiger partial charge in [-0.2, -0.15) is 0 Å². The molecule has 0 amide bonds. The smallest absolute Gasteiger partial charge is 0.143 e. The predicted octanol–water partition coefficient (Wildman–Crippen LogP) is 13.4. The molecule has 0 saturated carbocycles. The number of benzene rings is 8. The normalized spacial score (nSPS) is 18.0. The second-order valence-electron chi connectivity index (χ2n) is 10.8. The van der Waals surface area contributed by atoms with Gasteiger partial charge in [0.15, 0.2) is 0 Å². The number of hydrogen-bond acceptors (Lipinski definition) is 3. The summed E-state index contributed by atoms with van der Waals surface area (Å²) >= 11 is 0. The van der Waals surface area contributed by atoms with Crippen molar-refractivity contribution >= 4 is 71.7 Å². The fraction of sp³-hybridized carbons (Fsp3) is 0. The van der Waals surface area contributed by atoms with E-state index in [1.165, 1.54) is 0 Å². The molecule has 0 N–H and O–H groups in total. The van der Waals surface area contributed by atoms with Gasteiger partial charge in [0.05, 0.1) is 41.2 Å². The van der Waals surface area contributed by atoms with Crippen LogP contribution in [0.2, 0.25) is 0 Å². The second-order valence-corrected chi connectivity index (χ2v) is 10.8. The molecular formula is C46H29NO2. The minimum Gasteiger partial charge on any atom is -0.456 e. The first-order chi connectivity index (χ1) is 33.5. The lowest BCUT2D eigenvalue weighted by Gasteiger charge is -2.26. The van der Waals surface area contributed by atoms with Crippen LogP contribution in [0.3, 0.4) is 0 Å². The van der Waals surface area contributed by atoms with Crippen LogP contribution in [-0.2, 0) is 0 Å². The van der Waals surface area contributed by atoms with Crippen LogP contribution in [0.25, 0.3) is 76.9 Å². The highest BCUT2D eigenvalue weighted by molar-refractivity contribution is 6.19. The largest absolute Gasteiger partial charge is 0.456 e. The number of hydrogen-bond donors (Lipinski definition) is 0. The van der Waals surface area contributed by atoms with E-state index in [-0.39, 0.29) is 11.1 Å². The standard InChI is InChI=1S/C46H29NO2/c1-2-10-30(11-3-1)31-20-25-34(26-21-31)47(40-16-9-19-43-45(40)39-29-24-32-12-4-5-13-37(32)46(39)49-43)35-27-22-33(23-28-35)36-15-8-18-42-44(36)38-14-6-7-17-41(38)48-42/h1-29H/i1D,2D,3D,4D,5D,9D,10D,11D,12D,13D,16D,19D,20D,21D,22D,23D,24D,25D,26D,27D,28D,29D. The molecule has 8 aromatic carbocycles. The van der Waals surface area contributed by atoms with Gasteiger partial charge in [-0.15, -0.1) is 0 Å². The van der Waals surface area contributed by atoms with Crippen LogP contribution in [0.1, 0.15) is 30.2 Å². The van der Waals surface area contributed by atoms with Crippen LogP contribution in [0.15, 0.2) is 184 Å². The highest BCUT2D eigenvalue weighted by Gasteiger charge is 2.21. The SMILES string of the molecule is [2H]c1c([2H])c([2H])c(-c2c([2H])c([2H])c(N(c3c([2H])c([2H])c(-c4cccc5oc6ccccc6c45)c([2H])c3[2H])c3c([2H])c([2H])c([2H])c4oc5c6c([2H])c([2H])c([2H])c([2H])c6c([2H])c([2H])c5c34)c([2H])c2[2H])c([2H])c1[2H]. The molecule has 10 rings (SSSR count). The molecule has 3 nitrogen and oxygen atoms in total. The third-order valence-electron chi connectivity index (χ3n) is 8.05. The van der Waals surface area contributed by atoms with Gasteiger partial charge in [-0.05, 0) is 82.1 Å². The van der Waals surface area contributed by atoms with Crippen LogP contribution in [0, 0.1) is 0 Å². The molecule has 49 heavy (non-hydrogen) atoms. The van der Waals surface area contributed by atoms with Crippen molar-refractivity contribution in [2.24, 2.45) is 0 Å². The predicted molar refractivity (Wildman–Crippen MR) is 204 cm³/mol. The average molecular weight is 650 g/mol. The first kappa shape index (κ1) is 13.5. The molecule has 10 aromatic rings. The van der Waals surface area contributed by atoms with Gasteiger partial charge >= 0.3 is 0 Å². The lowest BCUT2D eigenvalue weighted by Crippen LogP contribution is -2.10. The number of nitrogens with zero attached hydrogens (tertiary/aromatic N) is 1. The summed E-state index contributed by atoms with van der Waals surface area (Å²) in [5.41, 5.74) is -4.63. The molecule has 3 heteroatoms. The Hall–Kier alpha value is -6.58. The minimum atomic E-state index is -1.10. The molecule has 0 aliphatic heterocycles. The third-order valence-corrected chi connectivity index (χ3v) is 8.05. The fourth-order valence-electron chi connectivity index (χ4n) is 5.91. The van der Waals surface area contributed by atoms with Gasteiger partial charge in [-0.25, -0.2) is 0 Å². The fourth-order valence-corrected chi connectivity index (χ4v) is 5.91. The third kappa shape index (κ3) is 4.44. The van der Waals surface area contributed by atoms with Gasteiger partial charge in [0.1, 0.15) is 22.3 Å². The molecular weight excluding hydrogens is 599 g/mol. The van der Waals surface area contributed by atoms with Crippen LogP contribution in [-0.4, -0.2) is 0 Å². The Kier molecular flexibility index (Phi) is 3.03. The highest BCUT2D eigenvalue weighted by Crippen LogP contribution is 2.45. The first-order valence-corrected chi connectivity index (χ1v) is 14.8. The number of anilines is 3. The summed E-state index contributed by atoms with van der Waals surface area (Å²) in [4.78, 5) is 0.607. The van der Waals surface area contributed by atoms with Crippen LogP contribution >= 0.6 is 0 Å². The van der Waals surface area contributed by atoms with Crippen molar-refractivity contribution in [3.63, 3.8) is 0 Å². The van der Waals surface area contributed by atoms with E-state index in [1.54, 1.807) is 42.5 Å². The first-order valence-electron chi connectivity index (χ1n) is 25.8. The quantitative estimate of drug-likeness (QED) is 0.186. The van der Waals surface area contributed by atoms with Crippen molar-refractivity contribution in [1.29, 1.82) is 0 Å². The summed E-state index contributed by atoms with van der Waals surface area (Å²) < 4.78 is 211. The van der Waals surface area contributed by atoms with Gasteiger partial charge in [0.2, 0.25) is 0 Å². The lowest BCUT2D eigenvalue weighted by molar-refractivity contribution is 0.669. The van der Waals surface area contributed by atoms with Crippen molar-refractivity contribution in [3.05, 3.63) is 175 Å². The van der Waals surface area contributed by atoms with Crippen LogP contribution in [0.5, 0.6) is 0 Å².